The summed E-state index contributed by atoms with van der Waals surface area (Å²) in [6.07, 6.45) is 2.11. The van der Waals surface area contributed by atoms with Crippen molar-refractivity contribution >= 4 is 11.8 Å². The molecule has 1 saturated carbocycles. The van der Waals surface area contributed by atoms with Crippen LogP contribution in [0.5, 0.6) is 5.75 Å². The molecule has 5 heteroatoms. The predicted molar refractivity (Wildman–Crippen MR) is 76.1 cm³/mol. The molecule has 1 fully saturated rings. The van der Waals surface area contributed by atoms with Crippen LogP contribution in [0.15, 0.2) is 24.3 Å². The summed E-state index contributed by atoms with van der Waals surface area (Å²) in [4.78, 5) is 22.3. The van der Waals surface area contributed by atoms with Crippen LogP contribution in [0.25, 0.3) is 0 Å². The molecular weight excluding hydrogens is 272 g/mol. The van der Waals surface area contributed by atoms with Gasteiger partial charge in [-0.2, -0.15) is 0 Å². The number of ether oxygens (including phenoxy) is 1. The molecule has 0 bridgehead atoms. The molecule has 2 N–H and O–H groups in total. The van der Waals surface area contributed by atoms with E-state index in [-0.39, 0.29) is 18.1 Å². The molecule has 0 aliphatic heterocycles. The third-order valence-corrected chi connectivity index (χ3v) is 3.74. The minimum atomic E-state index is -1.05. The lowest BCUT2D eigenvalue weighted by Crippen LogP contribution is -2.25. The van der Waals surface area contributed by atoms with E-state index in [0.29, 0.717) is 24.3 Å². The Labute approximate surface area is 123 Å². The fraction of sp³-hybridized carbons (Fsp3) is 0.500. The number of aliphatic carboxylic acids is 1. The van der Waals surface area contributed by atoms with Crippen molar-refractivity contribution in [2.45, 2.75) is 38.2 Å². The number of hydrogen-bond acceptors (Lipinski definition) is 4. The molecule has 5 nitrogen and oxygen atoms in total. The number of carboxylic acid groups (broad SMARTS) is 1. The Morgan fingerprint density at radius 1 is 1.38 bits per heavy atom. The van der Waals surface area contributed by atoms with E-state index in [1.54, 1.807) is 24.3 Å². The Hall–Kier alpha value is -1.88. The van der Waals surface area contributed by atoms with Crippen LogP contribution < -0.4 is 4.74 Å². The number of carboxylic acids is 1. The minimum Gasteiger partial charge on any atom is -0.493 e. The number of carbonyl (C=O) groups is 2. The summed E-state index contributed by atoms with van der Waals surface area (Å²) in [6, 6.07) is 6.73. The second-order valence-electron chi connectivity index (χ2n) is 5.41. The molecule has 0 aromatic heterocycles. The second kappa shape index (κ2) is 7.22. The maximum atomic E-state index is 11.7. The first-order valence-electron chi connectivity index (χ1n) is 7.21. The average Bonchev–Trinajstić information content (AvgIpc) is 2.46. The molecule has 1 aromatic rings. The largest absolute Gasteiger partial charge is 0.493 e. The molecule has 1 aromatic carbocycles. The van der Waals surface area contributed by atoms with Crippen molar-refractivity contribution in [3.05, 3.63) is 29.8 Å². The van der Waals surface area contributed by atoms with Crippen LogP contribution in [-0.4, -0.2) is 28.6 Å². The summed E-state index contributed by atoms with van der Waals surface area (Å²) in [5.74, 6) is -0.299. The van der Waals surface area contributed by atoms with Gasteiger partial charge >= 0.3 is 5.97 Å². The van der Waals surface area contributed by atoms with Crippen LogP contribution in [0.4, 0.5) is 0 Å². The van der Waals surface area contributed by atoms with Crippen LogP contribution in [0.2, 0.25) is 0 Å². The van der Waals surface area contributed by atoms with Gasteiger partial charge in [0.25, 0.3) is 0 Å². The summed E-state index contributed by atoms with van der Waals surface area (Å²) >= 11 is 0. The number of aliphatic hydroxyl groups excluding tert-OH is 1. The molecular formula is C16H20O5. The van der Waals surface area contributed by atoms with Crippen molar-refractivity contribution in [3.8, 4) is 5.75 Å². The molecule has 114 valence electrons. The maximum Gasteiger partial charge on any atom is 0.306 e. The third-order valence-electron chi connectivity index (χ3n) is 3.74. The highest BCUT2D eigenvalue weighted by molar-refractivity contribution is 5.81. The normalized spacial score (nSPS) is 20.0. The number of benzene rings is 1. The molecule has 1 aliphatic carbocycles. The highest BCUT2D eigenvalue weighted by Gasteiger charge is 2.22. The van der Waals surface area contributed by atoms with Crippen molar-refractivity contribution in [2.24, 2.45) is 5.92 Å². The second-order valence-corrected chi connectivity index (χ2v) is 5.41. The number of hydrogen-bond donors (Lipinski definition) is 2. The molecule has 0 spiro atoms. The topological polar surface area (TPSA) is 83.8 Å². The summed E-state index contributed by atoms with van der Waals surface area (Å²) < 4.78 is 5.63. The van der Waals surface area contributed by atoms with Crippen LogP contribution in [0.3, 0.4) is 0 Å². The van der Waals surface area contributed by atoms with Gasteiger partial charge in [0, 0.05) is 6.42 Å². The number of rotatable bonds is 6. The summed E-state index contributed by atoms with van der Waals surface area (Å²) in [5, 5.41) is 18.5. The first-order chi connectivity index (χ1) is 10.1. The SMILES string of the molecule is O=C(O)CC(O)c1cccc(OCC2CCCCC2=O)c1. The zero-order valence-corrected chi connectivity index (χ0v) is 11.8. The van der Waals surface area contributed by atoms with Gasteiger partial charge in [-0.25, -0.2) is 0 Å². The van der Waals surface area contributed by atoms with Gasteiger partial charge in [0.1, 0.15) is 11.5 Å². The predicted octanol–water partition coefficient (Wildman–Crippen LogP) is 2.33. The zero-order chi connectivity index (χ0) is 15.2. The minimum absolute atomic E-state index is 0.0497. The molecule has 2 atom stereocenters. The van der Waals surface area contributed by atoms with E-state index < -0.39 is 12.1 Å². The Morgan fingerprint density at radius 3 is 2.90 bits per heavy atom. The van der Waals surface area contributed by atoms with Gasteiger partial charge in [0.15, 0.2) is 0 Å². The van der Waals surface area contributed by atoms with E-state index in [4.69, 9.17) is 9.84 Å². The van der Waals surface area contributed by atoms with Crippen molar-refractivity contribution in [1.82, 2.24) is 0 Å². The Kier molecular flexibility index (Phi) is 5.33. The average molecular weight is 292 g/mol. The van der Waals surface area contributed by atoms with E-state index in [0.717, 1.165) is 19.3 Å². The first kappa shape index (κ1) is 15.5. The van der Waals surface area contributed by atoms with Crippen molar-refractivity contribution in [3.63, 3.8) is 0 Å². The molecule has 0 radical (unpaired) electrons. The number of aliphatic hydroxyl groups is 1. The van der Waals surface area contributed by atoms with Crippen LogP contribution in [0, 0.1) is 5.92 Å². The Morgan fingerprint density at radius 2 is 2.19 bits per heavy atom. The number of carbonyl (C=O) groups excluding carboxylic acids is 1. The molecule has 0 saturated heterocycles. The lowest BCUT2D eigenvalue weighted by molar-refractivity contribution is -0.139. The Balaban J connectivity index is 1.94. The standard InChI is InChI=1S/C16H20O5/c17-14-7-2-1-4-12(14)10-21-13-6-3-5-11(8-13)15(18)9-16(19)20/h3,5-6,8,12,15,18H,1-2,4,7,9-10H2,(H,19,20). The summed E-state index contributed by atoms with van der Waals surface area (Å²) in [5.41, 5.74) is 0.505. The van der Waals surface area contributed by atoms with Gasteiger partial charge in [-0.3, -0.25) is 9.59 Å². The van der Waals surface area contributed by atoms with E-state index >= 15 is 0 Å². The van der Waals surface area contributed by atoms with Gasteiger partial charge in [-0.15, -0.1) is 0 Å². The highest BCUT2D eigenvalue weighted by atomic mass is 16.5. The first-order valence-corrected chi connectivity index (χ1v) is 7.21. The Bertz CT molecular complexity index is 511. The van der Waals surface area contributed by atoms with Crippen LogP contribution in [0.1, 0.15) is 43.8 Å². The van der Waals surface area contributed by atoms with Crippen LogP contribution >= 0.6 is 0 Å². The summed E-state index contributed by atoms with van der Waals surface area (Å²) in [7, 11) is 0. The lowest BCUT2D eigenvalue weighted by atomic mass is 9.89. The monoisotopic (exact) mass is 292 g/mol. The number of ketones is 1. The van der Waals surface area contributed by atoms with Gasteiger partial charge in [-0.05, 0) is 30.5 Å². The fourth-order valence-corrected chi connectivity index (χ4v) is 2.52. The maximum absolute atomic E-state index is 11.7. The smallest absolute Gasteiger partial charge is 0.306 e. The number of Topliss-reactive ketones (excluding diaryl/α,β-unsaturated/α-hetero) is 1. The van der Waals surface area contributed by atoms with Gasteiger partial charge < -0.3 is 14.9 Å². The molecule has 1 aliphatic rings. The zero-order valence-electron chi connectivity index (χ0n) is 11.8. The molecule has 21 heavy (non-hydrogen) atoms. The van der Waals surface area contributed by atoms with E-state index in [9.17, 15) is 14.7 Å². The van der Waals surface area contributed by atoms with Crippen molar-refractivity contribution < 1.29 is 24.5 Å². The van der Waals surface area contributed by atoms with E-state index in [1.807, 2.05) is 0 Å². The molecule has 0 heterocycles. The molecule has 2 unspecified atom stereocenters. The molecule has 0 amide bonds. The summed E-state index contributed by atoms with van der Waals surface area (Å²) in [6.45, 7) is 0.345. The third kappa shape index (κ3) is 4.56. The van der Waals surface area contributed by atoms with Gasteiger partial charge in [-0.1, -0.05) is 18.6 Å². The quantitative estimate of drug-likeness (QED) is 0.840. The van der Waals surface area contributed by atoms with Crippen LogP contribution in [-0.2, 0) is 9.59 Å². The molecule has 2 rings (SSSR count). The van der Waals surface area contributed by atoms with Gasteiger partial charge in [0.2, 0.25) is 0 Å². The highest BCUT2D eigenvalue weighted by Crippen LogP contribution is 2.24. The van der Waals surface area contributed by atoms with Crippen molar-refractivity contribution in [1.29, 1.82) is 0 Å². The van der Waals surface area contributed by atoms with E-state index in [2.05, 4.69) is 0 Å². The van der Waals surface area contributed by atoms with Crippen molar-refractivity contribution in [2.75, 3.05) is 6.61 Å². The fourth-order valence-electron chi connectivity index (χ4n) is 2.52. The lowest BCUT2D eigenvalue weighted by Gasteiger charge is -2.21. The van der Waals surface area contributed by atoms with Gasteiger partial charge in [0.05, 0.1) is 25.0 Å². The van der Waals surface area contributed by atoms with E-state index in [1.165, 1.54) is 0 Å².